The molecule has 1 amide bonds. The Kier molecular flexibility index (Phi) is 5.31. The van der Waals surface area contributed by atoms with Crippen LogP contribution in [0, 0.1) is 0 Å². The number of aromatic nitrogens is 6. The van der Waals surface area contributed by atoms with Crippen molar-refractivity contribution in [1.82, 2.24) is 30.4 Å². The van der Waals surface area contributed by atoms with Crippen molar-refractivity contribution in [2.24, 2.45) is 0 Å². The lowest BCUT2D eigenvalue weighted by Gasteiger charge is -2.11. The standard InChI is InChI=1S/C19H16ClN7O3/c1-29-16-6-4-3-5-11(16)14-8-18(24-23-14)22-19(28)12-7-13(20)15(9-17(12)30-2)27-10-21-25-26-27/h3-10H,1-2H3,(H2,22,23,24,28). The number of nitrogens with one attached hydrogen (secondary N) is 2. The van der Waals surface area contributed by atoms with Crippen LogP contribution in [-0.2, 0) is 0 Å². The predicted molar refractivity (Wildman–Crippen MR) is 109 cm³/mol. The van der Waals surface area contributed by atoms with Gasteiger partial charge in [-0.3, -0.25) is 9.89 Å². The van der Waals surface area contributed by atoms with E-state index in [1.807, 2.05) is 24.3 Å². The number of aromatic amines is 1. The van der Waals surface area contributed by atoms with Gasteiger partial charge in [0.1, 0.15) is 17.8 Å². The first kappa shape index (κ1) is 19.4. The van der Waals surface area contributed by atoms with Crippen molar-refractivity contribution in [1.29, 1.82) is 0 Å². The molecule has 0 aliphatic heterocycles. The molecule has 0 bridgehead atoms. The average Bonchev–Trinajstić information content (AvgIpc) is 3.46. The van der Waals surface area contributed by atoms with Crippen LogP contribution in [0.3, 0.4) is 0 Å². The highest BCUT2D eigenvalue weighted by Crippen LogP contribution is 2.31. The van der Waals surface area contributed by atoms with E-state index < -0.39 is 5.91 Å². The van der Waals surface area contributed by atoms with Crippen molar-refractivity contribution in [3.8, 4) is 28.4 Å². The van der Waals surface area contributed by atoms with Crippen LogP contribution in [0.25, 0.3) is 16.9 Å². The number of para-hydroxylation sites is 1. The van der Waals surface area contributed by atoms with Crippen LogP contribution in [0.15, 0.2) is 48.8 Å². The van der Waals surface area contributed by atoms with Gasteiger partial charge in [0.15, 0.2) is 5.82 Å². The molecule has 10 nitrogen and oxygen atoms in total. The number of anilines is 1. The fourth-order valence-corrected chi connectivity index (χ4v) is 3.16. The number of methoxy groups -OCH3 is 2. The molecule has 2 aromatic carbocycles. The second-order valence-electron chi connectivity index (χ2n) is 6.08. The predicted octanol–water partition coefficient (Wildman–Crippen LogP) is 2.98. The molecule has 0 aliphatic rings. The third-order valence-corrected chi connectivity index (χ3v) is 4.63. The lowest BCUT2D eigenvalue weighted by atomic mass is 10.1. The highest BCUT2D eigenvalue weighted by atomic mass is 35.5. The van der Waals surface area contributed by atoms with Gasteiger partial charge in [0.25, 0.3) is 5.91 Å². The number of halogens is 1. The Morgan fingerprint density at radius 2 is 1.93 bits per heavy atom. The summed E-state index contributed by atoms with van der Waals surface area (Å²) in [5.74, 6) is 0.896. The lowest BCUT2D eigenvalue weighted by molar-refractivity contribution is 0.102. The highest BCUT2D eigenvalue weighted by Gasteiger charge is 2.19. The van der Waals surface area contributed by atoms with Gasteiger partial charge in [0, 0.05) is 17.7 Å². The number of hydrogen-bond donors (Lipinski definition) is 2. The van der Waals surface area contributed by atoms with Crippen LogP contribution in [-0.4, -0.2) is 50.5 Å². The van der Waals surface area contributed by atoms with E-state index in [0.717, 1.165) is 5.56 Å². The van der Waals surface area contributed by atoms with E-state index in [1.54, 1.807) is 19.2 Å². The number of carbonyl (C=O) groups excluding carboxylic acids is 1. The van der Waals surface area contributed by atoms with E-state index in [-0.39, 0.29) is 10.6 Å². The molecule has 2 heterocycles. The Bertz CT molecular complexity index is 1190. The maximum atomic E-state index is 12.8. The molecule has 0 spiro atoms. The number of benzene rings is 2. The maximum Gasteiger partial charge on any atom is 0.260 e. The van der Waals surface area contributed by atoms with Gasteiger partial charge in [-0.15, -0.1) is 5.10 Å². The van der Waals surface area contributed by atoms with Crippen LogP contribution in [0.2, 0.25) is 5.02 Å². The number of nitrogens with zero attached hydrogens (tertiary/aromatic N) is 5. The number of amides is 1. The number of H-pyrrole nitrogens is 1. The summed E-state index contributed by atoms with van der Waals surface area (Å²) in [5.41, 5.74) is 2.23. The van der Waals surface area contributed by atoms with E-state index >= 15 is 0 Å². The maximum absolute atomic E-state index is 12.8. The van der Waals surface area contributed by atoms with Crippen LogP contribution < -0.4 is 14.8 Å². The van der Waals surface area contributed by atoms with Crippen molar-refractivity contribution in [3.63, 3.8) is 0 Å². The highest BCUT2D eigenvalue weighted by molar-refractivity contribution is 6.33. The average molecular weight is 426 g/mol. The van der Waals surface area contributed by atoms with E-state index in [4.69, 9.17) is 21.1 Å². The van der Waals surface area contributed by atoms with Crippen LogP contribution in [0.1, 0.15) is 10.4 Å². The Labute approximate surface area is 175 Å². The number of ether oxygens (including phenoxy) is 2. The molecule has 11 heteroatoms. The first-order chi connectivity index (χ1) is 14.6. The first-order valence-electron chi connectivity index (χ1n) is 8.71. The molecule has 2 N–H and O–H groups in total. The second-order valence-corrected chi connectivity index (χ2v) is 6.49. The summed E-state index contributed by atoms with van der Waals surface area (Å²) in [5, 5.41) is 21.0. The molecule has 4 rings (SSSR count). The minimum absolute atomic E-state index is 0.237. The topological polar surface area (TPSA) is 120 Å². The quantitative estimate of drug-likeness (QED) is 0.487. The third-order valence-electron chi connectivity index (χ3n) is 4.33. The van der Waals surface area contributed by atoms with Crippen LogP contribution in [0.4, 0.5) is 5.82 Å². The van der Waals surface area contributed by atoms with E-state index in [1.165, 1.54) is 24.2 Å². The Balaban J connectivity index is 1.60. The fourth-order valence-electron chi connectivity index (χ4n) is 2.91. The van der Waals surface area contributed by atoms with Gasteiger partial charge in [-0.1, -0.05) is 23.7 Å². The Hall–Kier alpha value is -3.92. The summed E-state index contributed by atoms with van der Waals surface area (Å²) >= 11 is 6.33. The SMILES string of the molecule is COc1cc(-n2cnnn2)c(Cl)cc1C(=O)Nc1cc(-c2ccccc2OC)[nH]n1. The van der Waals surface area contributed by atoms with Gasteiger partial charge in [0.2, 0.25) is 0 Å². The number of hydrogen-bond acceptors (Lipinski definition) is 7. The van der Waals surface area contributed by atoms with Crippen molar-refractivity contribution in [2.45, 2.75) is 0 Å². The molecule has 0 atom stereocenters. The number of rotatable bonds is 6. The molecular formula is C19H16ClN7O3. The third kappa shape index (κ3) is 3.67. The second kappa shape index (κ2) is 8.21. The molecule has 0 unspecified atom stereocenters. The van der Waals surface area contributed by atoms with Gasteiger partial charge in [0.05, 0.1) is 36.2 Å². The zero-order valence-corrected chi connectivity index (χ0v) is 16.7. The largest absolute Gasteiger partial charge is 0.496 e. The summed E-state index contributed by atoms with van der Waals surface area (Å²) < 4.78 is 12.1. The molecule has 4 aromatic rings. The molecule has 30 heavy (non-hydrogen) atoms. The zero-order chi connectivity index (χ0) is 21.1. The molecule has 0 aliphatic carbocycles. The summed E-state index contributed by atoms with van der Waals surface area (Å²) in [6, 6.07) is 12.3. The van der Waals surface area contributed by atoms with E-state index in [9.17, 15) is 4.79 Å². The minimum atomic E-state index is -0.435. The Morgan fingerprint density at radius 3 is 2.67 bits per heavy atom. The van der Waals surface area contributed by atoms with Crippen molar-refractivity contribution in [3.05, 3.63) is 59.4 Å². The monoisotopic (exact) mass is 425 g/mol. The van der Waals surface area contributed by atoms with Crippen molar-refractivity contribution < 1.29 is 14.3 Å². The van der Waals surface area contributed by atoms with Gasteiger partial charge in [-0.2, -0.15) is 9.78 Å². The van der Waals surface area contributed by atoms with Crippen LogP contribution >= 0.6 is 11.6 Å². The van der Waals surface area contributed by atoms with Crippen LogP contribution in [0.5, 0.6) is 11.5 Å². The normalized spacial score (nSPS) is 10.6. The molecular weight excluding hydrogens is 410 g/mol. The smallest absolute Gasteiger partial charge is 0.260 e. The van der Waals surface area contributed by atoms with Gasteiger partial charge >= 0.3 is 0 Å². The molecule has 0 saturated heterocycles. The lowest BCUT2D eigenvalue weighted by Crippen LogP contribution is -2.14. The molecule has 2 aromatic heterocycles. The fraction of sp³-hybridized carbons (Fsp3) is 0.105. The first-order valence-corrected chi connectivity index (χ1v) is 9.09. The van der Waals surface area contributed by atoms with E-state index in [0.29, 0.717) is 28.7 Å². The van der Waals surface area contributed by atoms with Gasteiger partial charge in [-0.05, 0) is 28.6 Å². The number of tetrazole rings is 1. The zero-order valence-electron chi connectivity index (χ0n) is 16.0. The molecule has 0 radical (unpaired) electrons. The minimum Gasteiger partial charge on any atom is -0.496 e. The molecule has 0 fully saturated rings. The number of carbonyl (C=O) groups is 1. The van der Waals surface area contributed by atoms with E-state index in [2.05, 4.69) is 31.0 Å². The molecule has 0 saturated carbocycles. The molecule has 152 valence electrons. The summed E-state index contributed by atoms with van der Waals surface area (Å²) in [6.45, 7) is 0. The summed E-state index contributed by atoms with van der Waals surface area (Å²) in [7, 11) is 3.05. The van der Waals surface area contributed by atoms with Crippen molar-refractivity contribution >= 4 is 23.3 Å². The van der Waals surface area contributed by atoms with Crippen molar-refractivity contribution in [2.75, 3.05) is 19.5 Å². The Morgan fingerprint density at radius 1 is 1.13 bits per heavy atom. The van der Waals surface area contributed by atoms with Gasteiger partial charge in [-0.25, -0.2) is 0 Å². The summed E-state index contributed by atoms with van der Waals surface area (Å²) in [4.78, 5) is 12.8. The van der Waals surface area contributed by atoms with Gasteiger partial charge < -0.3 is 14.8 Å². The summed E-state index contributed by atoms with van der Waals surface area (Å²) in [6.07, 6.45) is 1.39.